The molecule has 1 aromatic heterocycles. The minimum atomic E-state index is -1.05. The van der Waals surface area contributed by atoms with E-state index < -0.39 is 35.8 Å². The van der Waals surface area contributed by atoms with Gasteiger partial charge < -0.3 is 30.4 Å². The van der Waals surface area contributed by atoms with Crippen LogP contribution in [0.15, 0.2) is 30.3 Å². The summed E-state index contributed by atoms with van der Waals surface area (Å²) in [6.07, 6.45) is -0.119. The number of fused-ring (bicyclic) bond motifs is 1. The Morgan fingerprint density at radius 2 is 1.69 bits per heavy atom. The van der Waals surface area contributed by atoms with Crippen LogP contribution in [-0.4, -0.2) is 66.5 Å². The molecule has 3 amide bonds. The molecule has 11 nitrogen and oxygen atoms in total. The number of carbonyl (C=O) groups excluding carboxylic acids is 5. The van der Waals surface area contributed by atoms with Crippen molar-refractivity contribution < 1.29 is 33.4 Å². The molecule has 190 valence electrons. The molecule has 35 heavy (non-hydrogen) atoms. The second-order valence-corrected chi connectivity index (χ2v) is 7.72. The van der Waals surface area contributed by atoms with E-state index in [1.54, 1.807) is 19.9 Å². The molecule has 0 spiro atoms. The first-order chi connectivity index (χ1) is 16.7. The van der Waals surface area contributed by atoms with Gasteiger partial charge >= 0.3 is 11.9 Å². The van der Waals surface area contributed by atoms with Crippen LogP contribution < -0.4 is 16.0 Å². The number of amides is 3. The quantitative estimate of drug-likeness (QED) is 0.309. The van der Waals surface area contributed by atoms with Gasteiger partial charge in [0.15, 0.2) is 0 Å². The van der Waals surface area contributed by atoms with E-state index in [9.17, 15) is 24.0 Å². The van der Waals surface area contributed by atoms with E-state index in [0.29, 0.717) is 5.69 Å². The summed E-state index contributed by atoms with van der Waals surface area (Å²) in [5.41, 5.74) is 1.21. The molecule has 0 saturated carbocycles. The molecular weight excluding hydrogens is 456 g/mol. The van der Waals surface area contributed by atoms with Crippen molar-refractivity contribution in [3.05, 3.63) is 36.0 Å². The van der Waals surface area contributed by atoms with Crippen LogP contribution in [-0.2, 0) is 28.7 Å². The van der Waals surface area contributed by atoms with Crippen LogP contribution in [0.1, 0.15) is 50.5 Å². The fourth-order valence-electron chi connectivity index (χ4n) is 3.24. The first kappa shape index (κ1) is 27.4. The van der Waals surface area contributed by atoms with E-state index in [0.717, 1.165) is 10.9 Å². The fourth-order valence-corrected chi connectivity index (χ4v) is 3.24. The summed E-state index contributed by atoms with van der Waals surface area (Å²) in [6, 6.07) is 7.18. The van der Waals surface area contributed by atoms with Crippen LogP contribution in [0.2, 0.25) is 0 Å². The van der Waals surface area contributed by atoms with Gasteiger partial charge in [0.1, 0.15) is 17.8 Å². The lowest BCUT2D eigenvalue weighted by Gasteiger charge is -2.20. The van der Waals surface area contributed by atoms with Crippen LogP contribution in [0, 0.1) is 0 Å². The van der Waals surface area contributed by atoms with Crippen molar-refractivity contribution >= 4 is 40.6 Å². The number of hydrogen-bond donors (Lipinski definition) is 4. The minimum absolute atomic E-state index is 0.00383. The second-order valence-electron chi connectivity index (χ2n) is 7.72. The first-order valence-corrected chi connectivity index (χ1v) is 11.5. The molecule has 2 rings (SSSR count). The highest BCUT2D eigenvalue weighted by Crippen LogP contribution is 2.14. The van der Waals surface area contributed by atoms with Crippen molar-refractivity contribution in [1.29, 1.82) is 0 Å². The molecule has 0 unspecified atom stereocenters. The molecule has 0 radical (unpaired) electrons. The number of hydrogen-bond acceptors (Lipinski definition) is 7. The van der Waals surface area contributed by atoms with Crippen LogP contribution >= 0.6 is 0 Å². The number of aromatic nitrogens is 1. The molecule has 0 saturated heterocycles. The summed E-state index contributed by atoms with van der Waals surface area (Å²) >= 11 is 0. The van der Waals surface area contributed by atoms with Gasteiger partial charge in [0.05, 0.1) is 13.2 Å². The van der Waals surface area contributed by atoms with E-state index >= 15 is 0 Å². The summed E-state index contributed by atoms with van der Waals surface area (Å²) in [7, 11) is 0. The van der Waals surface area contributed by atoms with Crippen molar-refractivity contribution in [2.45, 2.75) is 52.1 Å². The zero-order valence-corrected chi connectivity index (χ0v) is 20.1. The summed E-state index contributed by atoms with van der Waals surface area (Å²) in [6.45, 7) is 5.15. The Kier molecular flexibility index (Phi) is 10.7. The molecular formula is C24H32N4O7. The van der Waals surface area contributed by atoms with Crippen molar-refractivity contribution in [2.75, 3.05) is 19.8 Å². The molecule has 1 heterocycles. The molecule has 2 aromatic rings. The van der Waals surface area contributed by atoms with E-state index in [2.05, 4.69) is 20.9 Å². The van der Waals surface area contributed by atoms with Crippen molar-refractivity contribution in [3.63, 3.8) is 0 Å². The predicted octanol–water partition coefficient (Wildman–Crippen LogP) is 1.18. The zero-order chi connectivity index (χ0) is 25.8. The number of aromatic amines is 1. The highest BCUT2D eigenvalue weighted by molar-refractivity contribution is 5.98. The molecule has 0 fully saturated rings. The average Bonchev–Trinajstić information content (AvgIpc) is 3.26. The first-order valence-electron chi connectivity index (χ1n) is 11.5. The highest BCUT2D eigenvalue weighted by atomic mass is 16.5. The Hall–Kier alpha value is -3.89. The standard InChI is InChI=1S/C24H32N4O7/c1-4-34-21(30)11-10-18(24(33)35-5-2)28-22(31)15(3)26-20(29)12-13-25-23(32)19-14-16-8-6-7-9-17(16)27-19/h6-9,14-15,18,27H,4-5,10-13H2,1-3H3,(H,25,32)(H,26,29)(H,28,31)/t15-,18+/m0/s1. The second kappa shape index (κ2) is 13.7. The van der Waals surface area contributed by atoms with Gasteiger partial charge in [-0.1, -0.05) is 18.2 Å². The van der Waals surface area contributed by atoms with Crippen LogP contribution in [0.25, 0.3) is 10.9 Å². The monoisotopic (exact) mass is 488 g/mol. The average molecular weight is 489 g/mol. The third kappa shape index (κ3) is 8.76. The summed E-state index contributed by atoms with van der Waals surface area (Å²) in [4.78, 5) is 63.8. The zero-order valence-electron chi connectivity index (χ0n) is 20.1. The molecule has 2 atom stereocenters. The van der Waals surface area contributed by atoms with Gasteiger partial charge in [-0.2, -0.15) is 0 Å². The van der Waals surface area contributed by atoms with Gasteiger partial charge in [-0.05, 0) is 39.3 Å². The third-order valence-electron chi connectivity index (χ3n) is 5.01. The number of H-pyrrole nitrogens is 1. The topological polar surface area (TPSA) is 156 Å². The number of ether oxygens (including phenoxy) is 2. The van der Waals surface area contributed by atoms with Crippen molar-refractivity contribution in [1.82, 2.24) is 20.9 Å². The Balaban J connectivity index is 1.79. The van der Waals surface area contributed by atoms with E-state index in [1.165, 1.54) is 6.92 Å². The van der Waals surface area contributed by atoms with Crippen LogP contribution in [0.4, 0.5) is 0 Å². The lowest BCUT2D eigenvalue weighted by atomic mass is 10.1. The molecule has 4 N–H and O–H groups in total. The van der Waals surface area contributed by atoms with E-state index in [-0.39, 0.29) is 44.9 Å². The minimum Gasteiger partial charge on any atom is -0.466 e. The lowest BCUT2D eigenvalue weighted by Crippen LogP contribution is -2.51. The maximum atomic E-state index is 12.5. The molecule has 0 aliphatic rings. The highest BCUT2D eigenvalue weighted by Gasteiger charge is 2.26. The Labute approximate surface area is 203 Å². The number of benzene rings is 1. The van der Waals surface area contributed by atoms with Crippen molar-refractivity contribution in [3.8, 4) is 0 Å². The predicted molar refractivity (Wildman–Crippen MR) is 127 cm³/mol. The fraction of sp³-hybridized carbons (Fsp3) is 0.458. The normalized spacial score (nSPS) is 12.3. The number of para-hydroxylation sites is 1. The Bertz CT molecular complexity index is 1020. The molecule has 11 heteroatoms. The summed E-state index contributed by atoms with van der Waals surface area (Å²) in [5.74, 6) is -2.58. The van der Waals surface area contributed by atoms with Gasteiger partial charge in [0, 0.05) is 30.3 Å². The van der Waals surface area contributed by atoms with E-state index in [4.69, 9.17) is 9.47 Å². The van der Waals surface area contributed by atoms with Gasteiger partial charge in [-0.25, -0.2) is 4.79 Å². The number of carbonyl (C=O) groups is 5. The SMILES string of the molecule is CCOC(=O)CC[C@@H](NC(=O)[C@H](C)NC(=O)CCNC(=O)c1cc2ccccc2[nH]1)C(=O)OCC. The van der Waals surface area contributed by atoms with Crippen LogP contribution in [0.5, 0.6) is 0 Å². The Morgan fingerprint density at radius 1 is 0.971 bits per heavy atom. The third-order valence-corrected chi connectivity index (χ3v) is 5.01. The molecule has 0 bridgehead atoms. The van der Waals surface area contributed by atoms with Gasteiger partial charge in [-0.15, -0.1) is 0 Å². The number of esters is 2. The molecule has 0 aliphatic carbocycles. The Morgan fingerprint density at radius 3 is 2.37 bits per heavy atom. The maximum absolute atomic E-state index is 12.5. The summed E-state index contributed by atoms with van der Waals surface area (Å²) < 4.78 is 9.80. The largest absolute Gasteiger partial charge is 0.466 e. The number of nitrogens with one attached hydrogen (secondary N) is 4. The number of rotatable bonds is 13. The van der Waals surface area contributed by atoms with Crippen molar-refractivity contribution in [2.24, 2.45) is 0 Å². The van der Waals surface area contributed by atoms with Crippen LogP contribution in [0.3, 0.4) is 0 Å². The van der Waals surface area contributed by atoms with Gasteiger partial charge in [0.2, 0.25) is 11.8 Å². The van der Waals surface area contributed by atoms with Gasteiger partial charge in [-0.3, -0.25) is 19.2 Å². The van der Waals surface area contributed by atoms with Gasteiger partial charge in [0.25, 0.3) is 5.91 Å². The summed E-state index contributed by atoms with van der Waals surface area (Å²) in [5, 5.41) is 8.58. The molecule has 0 aliphatic heterocycles. The maximum Gasteiger partial charge on any atom is 0.328 e. The smallest absolute Gasteiger partial charge is 0.328 e. The molecule has 1 aromatic carbocycles. The van der Waals surface area contributed by atoms with E-state index in [1.807, 2.05) is 24.3 Å². The lowest BCUT2D eigenvalue weighted by molar-refractivity contribution is -0.149.